The number of epoxide rings is 7. The summed E-state index contributed by atoms with van der Waals surface area (Å²) in [6.07, 6.45) is 22.5. The molecule has 558 valence electrons. The van der Waals surface area contributed by atoms with Crippen molar-refractivity contribution >= 4 is 70.9 Å². The lowest BCUT2D eigenvalue weighted by atomic mass is 9.79. The third-order valence-corrected chi connectivity index (χ3v) is 23.8. The van der Waals surface area contributed by atoms with Gasteiger partial charge in [-0.25, -0.2) is 9.59 Å². The van der Waals surface area contributed by atoms with Crippen LogP contribution in [0.1, 0.15) is 193 Å². The van der Waals surface area contributed by atoms with E-state index in [4.69, 9.17) is 71.1 Å². The zero-order valence-electron chi connectivity index (χ0n) is 57.7. The highest BCUT2D eigenvalue weighted by molar-refractivity contribution is 5.92. The van der Waals surface area contributed by atoms with Crippen LogP contribution in [-0.4, -0.2) is 209 Å². The van der Waals surface area contributed by atoms with Gasteiger partial charge in [0.2, 0.25) is 0 Å². The van der Waals surface area contributed by atoms with Gasteiger partial charge in [-0.3, -0.25) is 47.9 Å². The lowest BCUT2D eigenvalue weighted by Gasteiger charge is -2.26. The molecule has 7 saturated carbocycles. The van der Waals surface area contributed by atoms with Gasteiger partial charge in [0.05, 0.1) is 135 Å². The number of fused-ring (bicyclic) bond motifs is 7. The Balaban J connectivity index is 0.000000208. The van der Waals surface area contributed by atoms with E-state index in [1.54, 1.807) is 0 Å². The Morgan fingerprint density at radius 1 is 0.257 bits per heavy atom. The first-order valence-electron chi connectivity index (χ1n) is 37.8. The molecule has 7 aliphatic heterocycles. The SMILES string of the molecule is O=C(CCC1CCC2OC2C1)COC(=O)CC(C(=O)OCC(=O)CCC1CCC2OC2C1)C(CC(=O)OCC(=O)CCC1CCC2OC2C1)C(=O)OCC(=O)CCC1CCC2OC2C1.O=C(COC(=O)C1CC2OC2CC1C(=O)OCC(=O)OCC1CCC2OC2C1)OCC1CCC2OC2C1. The van der Waals surface area contributed by atoms with Crippen molar-refractivity contribution < 1.29 is 129 Å². The van der Waals surface area contributed by atoms with E-state index in [1.807, 2.05) is 0 Å². The van der Waals surface area contributed by atoms with Gasteiger partial charge in [-0.1, -0.05) is 0 Å². The van der Waals surface area contributed by atoms with Gasteiger partial charge in [0, 0.05) is 25.7 Å². The van der Waals surface area contributed by atoms with Crippen LogP contribution in [0, 0.1) is 59.2 Å². The molecule has 14 fully saturated rings. The molecule has 24 unspecified atom stereocenters. The van der Waals surface area contributed by atoms with Crippen LogP contribution in [0.2, 0.25) is 0 Å². The van der Waals surface area contributed by atoms with Crippen LogP contribution in [0.5, 0.6) is 0 Å². The van der Waals surface area contributed by atoms with E-state index in [0.29, 0.717) is 111 Å². The number of carbonyl (C=O) groups excluding carboxylic acids is 12. The van der Waals surface area contributed by atoms with E-state index < -0.39 is 124 Å². The van der Waals surface area contributed by atoms with E-state index in [9.17, 15) is 57.5 Å². The Labute approximate surface area is 587 Å². The predicted octanol–water partition coefficient (Wildman–Crippen LogP) is 5.93. The number of Topliss-reactive ketones (excluding diaryl/α,β-unsaturated/α-hetero) is 4. The summed E-state index contributed by atoms with van der Waals surface area (Å²) in [5, 5.41) is 0. The third kappa shape index (κ3) is 22.1. The fourth-order valence-electron chi connectivity index (χ4n) is 17.0. The first kappa shape index (κ1) is 73.5. The molecule has 0 aromatic rings. The zero-order chi connectivity index (χ0) is 70.3. The maximum atomic E-state index is 13.9. The molecule has 14 aliphatic rings. The second-order valence-electron chi connectivity index (χ2n) is 31.3. The molecule has 0 N–H and O–H groups in total. The van der Waals surface area contributed by atoms with Crippen LogP contribution < -0.4 is 0 Å². The number of carbonyl (C=O) groups is 12. The van der Waals surface area contributed by atoms with Crippen LogP contribution in [0.4, 0.5) is 0 Å². The third-order valence-electron chi connectivity index (χ3n) is 23.8. The summed E-state index contributed by atoms with van der Waals surface area (Å²) < 4.78 is 81.3. The van der Waals surface area contributed by atoms with E-state index in [-0.39, 0.29) is 110 Å². The molecule has 0 bridgehead atoms. The molecular formula is C74H100O27. The Morgan fingerprint density at radius 2 is 0.515 bits per heavy atom. The molecule has 7 heterocycles. The smallest absolute Gasteiger partial charge is 0.344 e. The lowest BCUT2D eigenvalue weighted by molar-refractivity contribution is -0.170. The van der Waals surface area contributed by atoms with Crippen LogP contribution in [0.15, 0.2) is 0 Å². The van der Waals surface area contributed by atoms with Gasteiger partial charge >= 0.3 is 47.8 Å². The monoisotopic (exact) mass is 1420 g/mol. The first-order valence-corrected chi connectivity index (χ1v) is 37.8. The quantitative estimate of drug-likeness (QED) is 0.0395. The minimum absolute atomic E-state index is 0.108. The Morgan fingerprint density at radius 3 is 0.812 bits per heavy atom. The van der Waals surface area contributed by atoms with Crippen molar-refractivity contribution in [1.82, 2.24) is 0 Å². The topological polar surface area (TPSA) is 366 Å². The van der Waals surface area contributed by atoms with Crippen molar-refractivity contribution in [3.63, 3.8) is 0 Å². The molecule has 14 rings (SSSR count). The van der Waals surface area contributed by atoms with Crippen molar-refractivity contribution in [2.45, 2.75) is 278 Å². The lowest BCUT2D eigenvalue weighted by Crippen LogP contribution is -2.39. The minimum Gasteiger partial charge on any atom is -0.463 e. The molecule has 24 atom stereocenters. The van der Waals surface area contributed by atoms with Crippen molar-refractivity contribution in [3.05, 3.63) is 0 Å². The predicted molar refractivity (Wildman–Crippen MR) is 342 cm³/mol. The maximum absolute atomic E-state index is 13.9. The van der Waals surface area contributed by atoms with Crippen molar-refractivity contribution in [2.75, 3.05) is 52.9 Å². The molecule has 0 amide bonds. The standard InChI is InChI=1S/C48H66O16.C26H34O11/c49-31(9-1-27-5-13-37-41(17-27)61-37)23-57-45(53)21-35(47(55)59-25-33(51)11-3-29-7-15-39-43(19-29)63-39)36(48(56)60-26-34(52)12-4-30-8-16-40-44(20-30)64-40)22-46(54)58-24-32(50)10-2-28-6-14-38-42(18-28)62-38;27-23(31-9-13-1-3-17-19(5-13)35-17)11-33-25(29)15-7-21-22(37-21)8-16(15)26(30)34-12-24(28)32-10-14-2-4-18-20(6-14)36-18/h27-30,35-44H,1-26H2;13-22H,1-12H2. The van der Waals surface area contributed by atoms with E-state index in [0.717, 1.165) is 116 Å². The van der Waals surface area contributed by atoms with Crippen LogP contribution >= 0.6 is 0 Å². The number of ketones is 4. The highest BCUT2D eigenvalue weighted by atomic mass is 16.6. The molecular weight excluding hydrogens is 1320 g/mol. The fraction of sp³-hybridized carbons (Fsp3) is 0.838. The molecule has 101 heavy (non-hydrogen) atoms. The average Bonchev–Trinajstić information content (AvgIpc) is 1.61. The summed E-state index contributed by atoms with van der Waals surface area (Å²) in [5.74, 6) is -11.4. The van der Waals surface area contributed by atoms with Crippen molar-refractivity contribution in [2.24, 2.45) is 59.2 Å². The molecule has 27 heteroatoms. The van der Waals surface area contributed by atoms with Gasteiger partial charge in [-0.15, -0.1) is 0 Å². The number of hydrogen-bond donors (Lipinski definition) is 0. The highest BCUT2D eigenvalue weighted by Gasteiger charge is 2.55. The van der Waals surface area contributed by atoms with Gasteiger partial charge in [0.1, 0.15) is 26.4 Å². The average molecular weight is 1420 g/mol. The minimum atomic E-state index is -1.72. The van der Waals surface area contributed by atoms with E-state index in [1.165, 1.54) is 0 Å². The summed E-state index contributed by atoms with van der Waals surface area (Å²) in [6, 6.07) is 0. The van der Waals surface area contributed by atoms with Crippen molar-refractivity contribution in [3.8, 4) is 0 Å². The van der Waals surface area contributed by atoms with Crippen LogP contribution in [-0.2, 0) is 129 Å². The van der Waals surface area contributed by atoms with Crippen LogP contribution in [0.25, 0.3) is 0 Å². The highest BCUT2D eigenvalue weighted by Crippen LogP contribution is 2.47. The summed E-state index contributed by atoms with van der Waals surface area (Å²) in [5.41, 5.74) is 0. The van der Waals surface area contributed by atoms with Crippen LogP contribution in [0.3, 0.4) is 0 Å². The molecule has 7 aliphatic carbocycles. The largest absolute Gasteiger partial charge is 0.463 e. The van der Waals surface area contributed by atoms with Crippen molar-refractivity contribution in [1.29, 1.82) is 0 Å². The Bertz CT molecular complexity index is 2840. The number of rotatable bonds is 37. The number of ether oxygens (including phenoxy) is 15. The molecule has 0 radical (unpaired) electrons. The number of esters is 8. The normalized spacial score (nSPS) is 36.2. The van der Waals surface area contributed by atoms with Gasteiger partial charge in [-0.2, -0.15) is 0 Å². The Kier molecular flexibility index (Phi) is 24.7. The maximum Gasteiger partial charge on any atom is 0.344 e. The summed E-state index contributed by atoms with van der Waals surface area (Å²) in [7, 11) is 0. The summed E-state index contributed by atoms with van der Waals surface area (Å²) in [6.45, 7) is -2.83. The second kappa shape index (κ2) is 33.9. The second-order valence-corrected chi connectivity index (χ2v) is 31.3. The fourth-order valence-corrected chi connectivity index (χ4v) is 17.0. The summed E-state index contributed by atoms with van der Waals surface area (Å²) in [4.78, 5) is 156. The van der Waals surface area contributed by atoms with Gasteiger partial charge < -0.3 is 71.1 Å². The van der Waals surface area contributed by atoms with E-state index >= 15 is 0 Å². The molecule has 27 nitrogen and oxygen atoms in total. The molecule has 7 saturated heterocycles. The first-order chi connectivity index (χ1) is 48.8. The molecule has 0 spiro atoms. The van der Waals surface area contributed by atoms with Gasteiger partial charge in [0.15, 0.2) is 36.3 Å². The van der Waals surface area contributed by atoms with Gasteiger partial charge in [-0.05, 0) is 190 Å². The molecule has 0 aromatic carbocycles. The van der Waals surface area contributed by atoms with E-state index in [2.05, 4.69) is 0 Å². The number of hydrogen-bond acceptors (Lipinski definition) is 27. The Hall–Kier alpha value is -5.84. The molecule has 0 aromatic heterocycles. The zero-order valence-corrected chi connectivity index (χ0v) is 57.7. The summed E-state index contributed by atoms with van der Waals surface area (Å²) >= 11 is 0. The van der Waals surface area contributed by atoms with Gasteiger partial charge in [0.25, 0.3) is 0 Å².